The average molecular weight is 499 g/mol. The lowest BCUT2D eigenvalue weighted by molar-refractivity contribution is -0.908. The van der Waals surface area contributed by atoms with Crippen molar-refractivity contribution in [3.8, 4) is 5.75 Å². The fraction of sp³-hybridized carbons (Fsp3) is 0.407. The summed E-state index contributed by atoms with van der Waals surface area (Å²) >= 11 is 6.24. The Kier molecular flexibility index (Phi) is 8.44. The predicted molar refractivity (Wildman–Crippen MR) is 131 cm³/mol. The maximum Gasteiger partial charge on any atom is 0.295 e. The van der Waals surface area contributed by atoms with Crippen LogP contribution in [-0.2, 0) is 14.3 Å². The number of carbonyl (C=O) groups excluding carboxylic acids is 2. The number of benzene rings is 2. The number of carbonyl (C=O) groups is 2. The highest BCUT2D eigenvalue weighted by Gasteiger charge is 2.44. The molecule has 0 aliphatic carbocycles. The standard InChI is InChI=1S/C27H31ClN2O5/c1-2-15-35-22-9-7-19(8-10-22)25(31)23-24(20-5-3-6-21(28)18-20)30(27(33)26(23)32)12-4-11-29-13-16-34-17-14-29/h3,5-10,18,24,31H,2,4,11-17H2,1H3/b25-23+. The Hall–Kier alpha value is -2.87. The molecule has 2 aromatic carbocycles. The highest BCUT2D eigenvalue weighted by molar-refractivity contribution is 6.46. The number of hydrogen-bond donors (Lipinski definition) is 1. The van der Waals surface area contributed by atoms with Crippen LogP contribution in [0.15, 0.2) is 54.1 Å². The lowest BCUT2D eigenvalue weighted by Crippen LogP contribution is -3.14. The fourth-order valence-corrected chi connectivity index (χ4v) is 4.81. The first kappa shape index (κ1) is 25.2. The van der Waals surface area contributed by atoms with Crippen molar-refractivity contribution in [3.63, 3.8) is 0 Å². The first-order valence-electron chi connectivity index (χ1n) is 12.2. The van der Waals surface area contributed by atoms with Crippen molar-refractivity contribution in [2.75, 3.05) is 46.0 Å². The van der Waals surface area contributed by atoms with Crippen LogP contribution in [0.1, 0.15) is 36.9 Å². The second-order valence-electron chi connectivity index (χ2n) is 8.87. The number of Topliss-reactive ketones (excluding diaryl/α,β-unsaturated/α-hetero) is 1. The van der Waals surface area contributed by atoms with Gasteiger partial charge in [0.05, 0.1) is 32.4 Å². The van der Waals surface area contributed by atoms with Gasteiger partial charge in [-0.3, -0.25) is 9.59 Å². The van der Waals surface area contributed by atoms with Crippen LogP contribution < -0.4 is 14.7 Å². The van der Waals surface area contributed by atoms with E-state index in [1.165, 1.54) is 9.80 Å². The zero-order valence-electron chi connectivity index (χ0n) is 19.9. The molecule has 2 aliphatic heterocycles. The summed E-state index contributed by atoms with van der Waals surface area (Å²) in [5, 5.41) is 14.0. The molecule has 1 amide bonds. The van der Waals surface area contributed by atoms with Crippen LogP contribution in [0.2, 0.25) is 5.02 Å². The van der Waals surface area contributed by atoms with E-state index in [1.54, 1.807) is 48.5 Å². The minimum absolute atomic E-state index is 0.0294. The first-order valence-corrected chi connectivity index (χ1v) is 12.5. The maximum absolute atomic E-state index is 13.5. The van der Waals surface area contributed by atoms with Gasteiger partial charge in [0.15, 0.2) is 0 Å². The second kappa shape index (κ2) is 11.7. The smallest absolute Gasteiger partial charge is 0.295 e. The van der Waals surface area contributed by atoms with Gasteiger partial charge in [0.2, 0.25) is 5.78 Å². The summed E-state index contributed by atoms with van der Waals surface area (Å²) in [5.41, 5.74) is 0.969. The summed E-state index contributed by atoms with van der Waals surface area (Å²) in [4.78, 5) is 29.2. The summed E-state index contributed by atoms with van der Waals surface area (Å²) < 4.78 is 11.0. The average Bonchev–Trinajstić information content (AvgIpc) is 3.13. The van der Waals surface area contributed by atoms with Gasteiger partial charge in [0.1, 0.15) is 18.8 Å². The molecule has 0 bridgehead atoms. The summed E-state index contributed by atoms with van der Waals surface area (Å²) in [5.74, 6) is -1.18. The quantitative estimate of drug-likeness (QED) is 0.323. The molecule has 0 aromatic heterocycles. The summed E-state index contributed by atoms with van der Waals surface area (Å²) in [6, 6.07) is 12.9. The van der Waals surface area contributed by atoms with E-state index in [-0.39, 0.29) is 5.57 Å². The molecule has 35 heavy (non-hydrogen) atoms. The molecule has 2 heterocycles. The minimum Gasteiger partial charge on any atom is -0.872 e. The van der Waals surface area contributed by atoms with Crippen molar-refractivity contribution in [2.24, 2.45) is 0 Å². The van der Waals surface area contributed by atoms with Gasteiger partial charge in [-0.25, -0.2) is 0 Å². The normalized spacial score (nSPS) is 20.4. The topological polar surface area (TPSA) is 83.3 Å². The Morgan fingerprint density at radius 2 is 1.91 bits per heavy atom. The molecule has 186 valence electrons. The number of hydrogen-bond acceptors (Lipinski definition) is 5. The van der Waals surface area contributed by atoms with Crippen molar-refractivity contribution >= 4 is 29.1 Å². The highest BCUT2D eigenvalue weighted by atomic mass is 35.5. The molecule has 2 aliphatic rings. The van der Waals surface area contributed by atoms with Crippen molar-refractivity contribution < 1.29 is 29.1 Å². The van der Waals surface area contributed by atoms with Crippen molar-refractivity contribution in [1.29, 1.82) is 0 Å². The van der Waals surface area contributed by atoms with Gasteiger partial charge in [-0.1, -0.05) is 48.5 Å². The molecule has 0 radical (unpaired) electrons. The van der Waals surface area contributed by atoms with Gasteiger partial charge in [0.25, 0.3) is 5.91 Å². The number of quaternary nitrogens is 1. The largest absolute Gasteiger partial charge is 0.872 e. The number of ether oxygens (including phenoxy) is 2. The SMILES string of the molecule is CCCOc1ccc(/C([O-])=C2\C(=O)C(=O)N(CCC[NH+]3CCOCC3)C2c2cccc(Cl)c2)cc1. The zero-order valence-corrected chi connectivity index (χ0v) is 20.7. The third kappa shape index (κ3) is 5.86. The molecule has 1 atom stereocenters. The van der Waals surface area contributed by atoms with Crippen LogP contribution in [0.4, 0.5) is 0 Å². The summed E-state index contributed by atoms with van der Waals surface area (Å²) in [6.07, 6.45) is 1.59. The van der Waals surface area contributed by atoms with Gasteiger partial charge in [-0.15, -0.1) is 0 Å². The Morgan fingerprint density at radius 1 is 1.17 bits per heavy atom. The third-order valence-electron chi connectivity index (χ3n) is 6.41. The van der Waals surface area contributed by atoms with Crippen LogP contribution in [-0.4, -0.2) is 62.6 Å². The van der Waals surface area contributed by atoms with E-state index >= 15 is 0 Å². The van der Waals surface area contributed by atoms with Crippen LogP contribution in [0.3, 0.4) is 0 Å². The monoisotopic (exact) mass is 498 g/mol. The van der Waals surface area contributed by atoms with Gasteiger partial charge < -0.3 is 24.4 Å². The molecule has 1 N–H and O–H groups in total. The molecule has 8 heteroatoms. The van der Waals surface area contributed by atoms with Gasteiger partial charge in [-0.05, 0) is 41.8 Å². The van der Waals surface area contributed by atoms with E-state index in [9.17, 15) is 14.7 Å². The zero-order chi connectivity index (χ0) is 24.8. The number of nitrogens with one attached hydrogen (secondary N) is 1. The van der Waals surface area contributed by atoms with E-state index in [0.29, 0.717) is 35.1 Å². The fourth-order valence-electron chi connectivity index (χ4n) is 4.61. The van der Waals surface area contributed by atoms with Gasteiger partial charge in [-0.2, -0.15) is 0 Å². The molecule has 1 unspecified atom stereocenters. The number of morpholine rings is 1. The van der Waals surface area contributed by atoms with Gasteiger partial charge >= 0.3 is 0 Å². The molecule has 2 saturated heterocycles. The van der Waals surface area contributed by atoms with Crippen LogP contribution in [0.5, 0.6) is 5.75 Å². The van der Waals surface area contributed by atoms with E-state index in [0.717, 1.165) is 45.7 Å². The van der Waals surface area contributed by atoms with Crippen molar-refractivity contribution in [1.82, 2.24) is 4.90 Å². The molecule has 2 aromatic rings. The van der Waals surface area contributed by atoms with Gasteiger partial charge in [0, 0.05) is 23.6 Å². The number of likely N-dealkylation sites (tertiary alicyclic amines) is 1. The van der Waals surface area contributed by atoms with E-state index in [4.69, 9.17) is 21.1 Å². The highest BCUT2D eigenvalue weighted by Crippen LogP contribution is 2.39. The molecular formula is C27H31ClN2O5. The van der Waals surface area contributed by atoms with Crippen molar-refractivity contribution in [2.45, 2.75) is 25.8 Å². The number of amides is 1. The molecule has 0 saturated carbocycles. The summed E-state index contributed by atoms with van der Waals surface area (Å²) in [7, 11) is 0. The Bertz CT molecular complexity index is 1080. The van der Waals surface area contributed by atoms with Crippen molar-refractivity contribution in [3.05, 3.63) is 70.3 Å². The Balaban J connectivity index is 1.63. The van der Waals surface area contributed by atoms with E-state index in [2.05, 4.69) is 0 Å². The maximum atomic E-state index is 13.5. The van der Waals surface area contributed by atoms with E-state index in [1.807, 2.05) is 6.92 Å². The number of rotatable bonds is 9. The predicted octanol–water partition coefficient (Wildman–Crippen LogP) is 1.66. The molecule has 4 rings (SSSR count). The molecule has 2 fully saturated rings. The number of halogens is 1. The summed E-state index contributed by atoms with van der Waals surface area (Å²) in [6.45, 7) is 7.17. The minimum atomic E-state index is -0.767. The molecular weight excluding hydrogens is 468 g/mol. The lowest BCUT2D eigenvalue weighted by atomic mass is 9.95. The number of nitrogens with zero attached hydrogens (tertiary/aromatic N) is 1. The lowest BCUT2D eigenvalue weighted by Gasteiger charge is -2.29. The third-order valence-corrected chi connectivity index (χ3v) is 6.65. The van der Waals surface area contributed by atoms with Crippen LogP contribution in [0.25, 0.3) is 5.76 Å². The molecule has 7 nitrogen and oxygen atoms in total. The second-order valence-corrected chi connectivity index (χ2v) is 9.30. The first-order chi connectivity index (χ1) is 17.0. The van der Waals surface area contributed by atoms with E-state index < -0.39 is 23.5 Å². The molecule has 0 spiro atoms. The van der Waals surface area contributed by atoms with Crippen LogP contribution in [0, 0.1) is 0 Å². The Labute approximate surface area is 210 Å². The Morgan fingerprint density at radius 3 is 2.60 bits per heavy atom. The number of ketones is 1. The van der Waals surface area contributed by atoms with Crippen LogP contribution >= 0.6 is 11.6 Å².